The van der Waals surface area contributed by atoms with Crippen molar-refractivity contribution in [1.29, 1.82) is 0 Å². The summed E-state index contributed by atoms with van der Waals surface area (Å²) >= 11 is 0. The summed E-state index contributed by atoms with van der Waals surface area (Å²) in [6, 6.07) is 14.0. The molecule has 0 saturated heterocycles. The highest BCUT2D eigenvalue weighted by Crippen LogP contribution is 2.24. The lowest BCUT2D eigenvalue weighted by Gasteiger charge is -2.32. The first kappa shape index (κ1) is 27.4. The Bertz CT molecular complexity index is 1100. The van der Waals surface area contributed by atoms with Crippen LogP contribution in [0.5, 0.6) is 0 Å². The molecule has 1 N–H and O–H groups in total. The molecular weight excluding hydrogens is 450 g/mol. The van der Waals surface area contributed by atoms with Gasteiger partial charge < -0.3 is 10.2 Å². The Labute approximate surface area is 204 Å². The Morgan fingerprint density at radius 2 is 1.56 bits per heavy atom. The normalized spacial score (nSPS) is 13.1. The monoisotopic (exact) mass is 487 g/mol. The van der Waals surface area contributed by atoms with Crippen molar-refractivity contribution >= 4 is 27.5 Å². The number of nitrogens with zero attached hydrogens (tertiary/aromatic N) is 2. The number of amides is 2. The molecule has 7 nitrogen and oxygen atoms in total. The third kappa shape index (κ3) is 7.06. The van der Waals surface area contributed by atoms with E-state index in [2.05, 4.69) is 5.32 Å². The average Bonchev–Trinajstić information content (AvgIpc) is 2.80. The van der Waals surface area contributed by atoms with Crippen LogP contribution in [0, 0.1) is 6.92 Å². The molecule has 0 fully saturated rings. The molecule has 34 heavy (non-hydrogen) atoms. The number of para-hydroxylation sites is 1. The maximum Gasteiger partial charge on any atom is 0.244 e. The van der Waals surface area contributed by atoms with Crippen molar-refractivity contribution < 1.29 is 18.0 Å². The fourth-order valence-corrected chi connectivity index (χ4v) is 4.55. The number of sulfonamides is 1. The molecule has 2 aromatic carbocycles. The molecule has 0 bridgehead atoms. The zero-order chi connectivity index (χ0) is 25.5. The van der Waals surface area contributed by atoms with Gasteiger partial charge in [-0.15, -0.1) is 0 Å². The van der Waals surface area contributed by atoms with Crippen molar-refractivity contribution in [3.8, 4) is 0 Å². The highest BCUT2D eigenvalue weighted by molar-refractivity contribution is 7.92. The maximum atomic E-state index is 13.6. The molecule has 0 aliphatic carbocycles. The standard InChI is InChI=1S/C26H37N3O4S/c1-7-20(4)27-26(31)21(5)28(17-23-15-10-9-13-19(23)3)25(30)18-29(34(6,32)33)24-16-12-11-14-22(24)8-2/h9-16,20-21H,7-8,17-18H2,1-6H3,(H,27,31)/t20-,21+/m0/s1. The van der Waals surface area contributed by atoms with Gasteiger partial charge in [0.25, 0.3) is 0 Å². The first-order valence-corrected chi connectivity index (χ1v) is 13.5. The van der Waals surface area contributed by atoms with Crippen molar-refractivity contribution in [1.82, 2.24) is 10.2 Å². The molecule has 2 atom stereocenters. The molecule has 0 aliphatic rings. The van der Waals surface area contributed by atoms with Gasteiger partial charge >= 0.3 is 0 Å². The van der Waals surface area contributed by atoms with E-state index in [-0.39, 0.29) is 25.0 Å². The van der Waals surface area contributed by atoms with Crippen LogP contribution in [0.1, 0.15) is 50.8 Å². The molecule has 0 aliphatic heterocycles. The van der Waals surface area contributed by atoms with Crippen LogP contribution in [0.2, 0.25) is 0 Å². The molecule has 8 heteroatoms. The predicted octanol–water partition coefficient (Wildman–Crippen LogP) is 3.66. The molecular formula is C26H37N3O4S. The van der Waals surface area contributed by atoms with E-state index in [1.165, 1.54) is 4.90 Å². The van der Waals surface area contributed by atoms with Gasteiger partial charge in [0.2, 0.25) is 21.8 Å². The van der Waals surface area contributed by atoms with Gasteiger partial charge in [0.05, 0.1) is 11.9 Å². The largest absolute Gasteiger partial charge is 0.352 e. The lowest BCUT2D eigenvalue weighted by atomic mass is 10.1. The minimum absolute atomic E-state index is 0.0330. The molecule has 0 unspecified atom stereocenters. The number of carbonyl (C=O) groups excluding carboxylic acids is 2. The van der Waals surface area contributed by atoms with Gasteiger partial charge in [-0.05, 0) is 56.4 Å². The van der Waals surface area contributed by atoms with Crippen molar-refractivity contribution in [3.05, 3.63) is 65.2 Å². The van der Waals surface area contributed by atoms with E-state index in [0.717, 1.165) is 33.7 Å². The van der Waals surface area contributed by atoms with Crippen molar-refractivity contribution in [2.75, 3.05) is 17.1 Å². The number of hydrogen-bond acceptors (Lipinski definition) is 4. The third-order valence-corrected chi connectivity index (χ3v) is 7.22. The SMILES string of the molecule is CCc1ccccc1N(CC(=O)N(Cc1ccccc1C)[C@H](C)C(=O)N[C@@H](C)CC)S(C)(=O)=O. The van der Waals surface area contributed by atoms with Crippen LogP contribution in [0.25, 0.3) is 0 Å². The van der Waals surface area contributed by atoms with Crippen LogP contribution in [-0.4, -0.2) is 50.0 Å². The molecule has 0 aromatic heterocycles. The number of nitrogens with one attached hydrogen (secondary N) is 1. The van der Waals surface area contributed by atoms with Crippen molar-refractivity contribution in [3.63, 3.8) is 0 Å². The lowest BCUT2D eigenvalue weighted by Crippen LogP contribution is -2.52. The minimum Gasteiger partial charge on any atom is -0.352 e. The minimum atomic E-state index is -3.74. The molecule has 2 aromatic rings. The average molecular weight is 488 g/mol. The van der Waals surface area contributed by atoms with Gasteiger partial charge in [0.15, 0.2) is 0 Å². The molecule has 2 rings (SSSR count). The Morgan fingerprint density at radius 1 is 0.971 bits per heavy atom. The smallest absolute Gasteiger partial charge is 0.244 e. The second kappa shape index (κ2) is 12.0. The van der Waals surface area contributed by atoms with E-state index in [4.69, 9.17) is 0 Å². The quantitative estimate of drug-likeness (QED) is 0.524. The van der Waals surface area contributed by atoms with Gasteiger partial charge in [-0.1, -0.05) is 56.3 Å². The van der Waals surface area contributed by atoms with Crippen molar-refractivity contribution in [2.24, 2.45) is 0 Å². The summed E-state index contributed by atoms with van der Waals surface area (Å²) in [7, 11) is -3.74. The highest BCUT2D eigenvalue weighted by Gasteiger charge is 2.31. The summed E-state index contributed by atoms with van der Waals surface area (Å²) in [4.78, 5) is 28.0. The Morgan fingerprint density at radius 3 is 2.12 bits per heavy atom. The topological polar surface area (TPSA) is 86.8 Å². The predicted molar refractivity (Wildman–Crippen MR) is 137 cm³/mol. The van der Waals surface area contributed by atoms with Crippen LogP contribution < -0.4 is 9.62 Å². The lowest BCUT2D eigenvalue weighted by molar-refractivity contribution is -0.139. The molecule has 0 saturated carbocycles. The number of anilines is 1. The first-order chi connectivity index (χ1) is 16.0. The van der Waals surface area contributed by atoms with Crippen LogP contribution in [0.4, 0.5) is 5.69 Å². The van der Waals surface area contributed by atoms with Crippen LogP contribution in [0.3, 0.4) is 0 Å². The second-order valence-electron chi connectivity index (χ2n) is 8.69. The third-order valence-electron chi connectivity index (χ3n) is 6.09. The highest BCUT2D eigenvalue weighted by atomic mass is 32.2. The van der Waals surface area contributed by atoms with Gasteiger partial charge in [-0.25, -0.2) is 8.42 Å². The van der Waals surface area contributed by atoms with E-state index in [0.29, 0.717) is 12.1 Å². The molecule has 0 heterocycles. The van der Waals surface area contributed by atoms with E-state index in [1.807, 2.05) is 64.1 Å². The number of aryl methyl sites for hydroxylation is 2. The fraction of sp³-hybridized carbons (Fsp3) is 0.462. The van der Waals surface area contributed by atoms with E-state index < -0.39 is 22.0 Å². The van der Waals surface area contributed by atoms with Crippen LogP contribution in [0.15, 0.2) is 48.5 Å². The molecule has 186 valence electrons. The number of hydrogen-bond donors (Lipinski definition) is 1. The Balaban J connectivity index is 2.44. The first-order valence-electron chi connectivity index (χ1n) is 11.7. The van der Waals surface area contributed by atoms with Crippen LogP contribution in [-0.2, 0) is 32.6 Å². The maximum absolute atomic E-state index is 13.6. The molecule has 2 amide bonds. The van der Waals surface area contributed by atoms with Gasteiger partial charge in [-0.2, -0.15) is 0 Å². The van der Waals surface area contributed by atoms with Gasteiger partial charge in [0.1, 0.15) is 12.6 Å². The summed E-state index contributed by atoms with van der Waals surface area (Å²) in [5.41, 5.74) is 3.20. The number of benzene rings is 2. The number of rotatable bonds is 11. The molecule has 0 spiro atoms. The van der Waals surface area contributed by atoms with Gasteiger partial charge in [0, 0.05) is 12.6 Å². The summed E-state index contributed by atoms with van der Waals surface area (Å²) in [5, 5.41) is 2.93. The zero-order valence-electron chi connectivity index (χ0n) is 21.0. The fourth-order valence-electron chi connectivity index (χ4n) is 3.67. The van der Waals surface area contributed by atoms with Gasteiger partial charge in [-0.3, -0.25) is 13.9 Å². The second-order valence-corrected chi connectivity index (χ2v) is 10.6. The summed E-state index contributed by atoms with van der Waals surface area (Å²) in [5.74, 6) is -0.706. The molecule has 0 radical (unpaired) electrons. The van der Waals surface area contributed by atoms with E-state index in [9.17, 15) is 18.0 Å². The van der Waals surface area contributed by atoms with E-state index >= 15 is 0 Å². The van der Waals surface area contributed by atoms with E-state index in [1.54, 1.807) is 19.1 Å². The Hall–Kier alpha value is -2.87. The zero-order valence-corrected chi connectivity index (χ0v) is 21.9. The Kier molecular flexibility index (Phi) is 9.67. The summed E-state index contributed by atoms with van der Waals surface area (Å²) < 4.78 is 26.6. The summed E-state index contributed by atoms with van der Waals surface area (Å²) in [6.07, 6.45) is 2.48. The van der Waals surface area contributed by atoms with Crippen molar-refractivity contribution in [2.45, 2.75) is 66.1 Å². The summed E-state index contributed by atoms with van der Waals surface area (Å²) in [6.45, 7) is 9.26. The number of carbonyl (C=O) groups is 2. The van der Waals surface area contributed by atoms with Crippen LogP contribution >= 0.6 is 0 Å².